The topological polar surface area (TPSA) is 49.6 Å². The molecule has 1 fully saturated rings. The average Bonchev–Trinajstić information content (AvgIpc) is 2.69. The zero-order chi connectivity index (χ0) is 18.4. The van der Waals surface area contributed by atoms with Gasteiger partial charge in [0.05, 0.1) is 6.04 Å². The number of amides is 1. The van der Waals surface area contributed by atoms with Gasteiger partial charge in [0.15, 0.2) is 0 Å². The van der Waals surface area contributed by atoms with E-state index in [9.17, 15) is 4.79 Å². The summed E-state index contributed by atoms with van der Waals surface area (Å²) >= 11 is 6.52. The summed E-state index contributed by atoms with van der Waals surface area (Å²) in [6, 6.07) is 18.6. The van der Waals surface area contributed by atoms with Crippen molar-refractivity contribution in [1.82, 2.24) is 9.80 Å². The van der Waals surface area contributed by atoms with Gasteiger partial charge in [-0.15, -0.1) is 24.8 Å². The normalized spacial score (nSPS) is 15.3. The van der Waals surface area contributed by atoms with E-state index in [2.05, 4.69) is 35.2 Å². The molecule has 7 heteroatoms. The molecular formula is C21H28Cl3N3O. The van der Waals surface area contributed by atoms with Crippen molar-refractivity contribution in [2.75, 3.05) is 32.7 Å². The number of halogens is 3. The van der Waals surface area contributed by atoms with Crippen LogP contribution in [0.1, 0.15) is 30.0 Å². The molecule has 1 aliphatic heterocycles. The molecule has 154 valence electrons. The highest BCUT2D eigenvalue weighted by Crippen LogP contribution is 2.33. The van der Waals surface area contributed by atoms with Crippen molar-refractivity contribution in [3.05, 3.63) is 70.7 Å². The summed E-state index contributed by atoms with van der Waals surface area (Å²) in [5, 5.41) is 0.780. The summed E-state index contributed by atoms with van der Waals surface area (Å²) in [5.41, 5.74) is 7.86. The van der Waals surface area contributed by atoms with E-state index < -0.39 is 0 Å². The maximum atomic E-state index is 12.3. The molecule has 28 heavy (non-hydrogen) atoms. The minimum atomic E-state index is 0. The third-order valence-corrected chi connectivity index (χ3v) is 5.29. The molecular weight excluding hydrogens is 417 g/mol. The SMILES string of the molecule is Cl.Cl.NCCCC(=O)N1CCN(C(c2ccccc2)c2ccccc2Cl)CC1. The zero-order valence-electron chi connectivity index (χ0n) is 15.8. The quantitative estimate of drug-likeness (QED) is 0.728. The molecule has 0 aliphatic carbocycles. The number of rotatable bonds is 6. The van der Waals surface area contributed by atoms with E-state index in [-0.39, 0.29) is 36.8 Å². The number of nitrogens with zero attached hydrogens (tertiary/aromatic N) is 2. The summed E-state index contributed by atoms with van der Waals surface area (Å²) in [5.74, 6) is 0.212. The first-order valence-electron chi connectivity index (χ1n) is 9.22. The Hall–Kier alpha value is -1.30. The van der Waals surface area contributed by atoms with Crippen LogP contribution in [0.2, 0.25) is 5.02 Å². The molecule has 0 radical (unpaired) electrons. The first-order valence-corrected chi connectivity index (χ1v) is 9.59. The van der Waals surface area contributed by atoms with Gasteiger partial charge in [-0.2, -0.15) is 0 Å². The molecule has 2 N–H and O–H groups in total. The second-order valence-corrected chi connectivity index (χ2v) is 7.05. The van der Waals surface area contributed by atoms with Gasteiger partial charge in [0.25, 0.3) is 0 Å². The van der Waals surface area contributed by atoms with Gasteiger partial charge < -0.3 is 10.6 Å². The summed E-state index contributed by atoms with van der Waals surface area (Å²) in [6.45, 7) is 3.72. The molecule has 1 atom stereocenters. The number of hydrogen-bond acceptors (Lipinski definition) is 3. The molecule has 0 bridgehead atoms. The highest BCUT2D eigenvalue weighted by Gasteiger charge is 2.28. The lowest BCUT2D eigenvalue weighted by atomic mass is 9.96. The van der Waals surface area contributed by atoms with Crippen LogP contribution in [0.15, 0.2) is 54.6 Å². The van der Waals surface area contributed by atoms with Crippen LogP contribution in [0.25, 0.3) is 0 Å². The Balaban J connectivity index is 0.00000196. The van der Waals surface area contributed by atoms with Gasteiger partial charge in [-0.25, -0.2) is 0 Å². The molecule has 1 aliphatic rings. The fraction of sp³-hybridized carbons (Fsp3) is 0.381. The molecule has 0 saturated carbocycles. The number of benzene rings is 2. The van der Waals surface area contributed by atoms with Gasteiger partial charge in [0, 0.05) is 37.6 Å². The van der Waals surface area contributed by atoms with E-state index in [1.165, 1.54) is 5.56 Å². The second kappa shape index (κ2) is 12.3. The minimum Gasteiger partial charge on any atom is -0.340 e. The predicted octanol–water partition coefficient (Wildman–Crippen LogP) is 4.16. The van der Waals surface area contributed by atoms with Gasteiger partial charge in [-0.1, -0.05) is 60.1 Å². The zero-order valence-corrected chi connectivity index (χ0v) is 18.2. The van der Waals surface area contributed by atoms with Gasteiger partial charge in [-0.3, -0.25) is 9.69 Å². The molecule has 1 heterocycles. The van der Waals surface area contributed by atoms with E-state index in [4.69, 9.17) is 17.3 Å². The van der Waals surface area contributed by atoms with Crippen LogP contribution >= 0.6 is 36.4 Å². The Labute approximate surface area is 184 Å². The highest BCUT2D eigenvalue weighted by molar-refractivity contribution is 6.31. The lowest BCUT2D eigenvalue weighted by Gasteiger charge is -2.40. The van der Waals surface area contributed by atoms with E-state index >= 15 is 0 Å². The summed E-state index contributed by atoms with van der Waals surface area (Å²) in [6.07, 6.45) is 1.30. The number of hydrogen-bond donors (Lipinski definition) is 1. The van der Waals surface area contributed by atoms with E-state index in [1.807, 2.05) is 29.2 Å². The van der Waals surface area contributed by atoms with Crippen LogP contribution in [-0.2, 0) is 4.79 Å². The molecule has 0 aromatic heterocycles. The Morgan fingerprint density at radius 1 is 0.964 bits per heavy atom. The number of nitrogens with two attached hydrogens (primary N) is 1. The summed E-state index contributed by atoms with van der Waals surface area (Å²) in [4.78, 5) is 16.6. The van der Waals surface area contributed by atoms with Crippen molar-refractivity contribution in [2.45, 2.75) is 18.9 Å². The standard InChI is InChI=1S/C21H26ClN3O.2ClH/c22-19-10-5-4-9-18(19)21(17-7-2-1-3-8-17)25-15-13-24(14-16-25)20(26)11-6-12-23;;/h1-5,7-10,21H,6,11-16,23H2;2*1H. The van der Waals surface area contributed by atoms with Gasteiger partial charge in [-0.05, 0) is 30.2 Å². The van der Waals surface area contributed by atoms with E-state index in [1.54, 1.807) is 0 Å². The average molecular weight is 445 g/mol. The van der Waals surface area contributed by atoms with Crippen molar-refractivity contribution >= 4 is 42.3 Å². The van der Waals surface area contributed by atoms with Gasteiger partial charge in [0.1, 0.15) is 0 Å². The smallest absolute Gasteiger partial charge is 0.222 e. The fourth-order valence-electron chi connectivity index (χ4n) is 3.56. The highest BCUT2D eigenvalue weighted by atomic mass is 35.5. The van der Waals surface area contributed by atoms with Crippen molar-refractivity contribution < 1.29 is 4.79 Å². The lowest BCUT2D eigenvalue weighted by molar-refractivity contribution is -0.133. The van der Waals surface area contributed by atoms with Crippen LogP contribution in [-0.4, -0.2) is 48.4 Å². The van der Waals surface area contributed by atoms with Crippen molar-refractivity contribution in [3.8, 4) is 0 Å². The second-order valence-electron chi connectivity index (χ2n) is 6.64. The number of carbonyl (C=O) groups is 1. The van der Waals surface area contributed by atoms with Crippen molar-refractivity contribution in [2.24, 2.45) is 5.73 Å². The summed E-state index contributed by atoms with van der Waals surface area (Å²) in [7, 11) is 0. The first-order chi connectivity index (χ1) is 12.7. The van der Waals surface area contributed by atoms with Crippen LogP contribution in [0.4, 0.5) is 0 Å². The van der Waals surface area contributed by atoms with Crippen LogP contribution in [0.3, 0.4) is 0 Å². The number of piperazine rings is 1. The maximum absolute atomic E-state index is 12.3. The molecule has 0 spiro atoms. The van der Waals surface area contributed by atoms with Crippen LogP contribution < -0.4 is 5.73 Å². The Morgan fingerprint density at radius 2 is 1.57 bits per heavy atom. The maximum Gasteiger partial charge on any atom is 0.222 e. The molecule has 1 saturated heterocycles. The monoisotopic (exact) mass is 443 g/mol. The van der Waals surface area contributed by atoms with E-state index in [0.29, 0.717) is 13.0 Å². The third kappa shape index (κ3) is 6.10. The third-order valence-electron chi connectivity index (χ3n) is 4.94. The first kappa shape index (κ1) is 24.7. The van der Waals surface area contributed by atoms with Gasteiger partial charge in [0.2, 0.25) is 5.91 Å². The molecule has 1 unspecified atom stereocenters. The predicted molar refractivity (Wildman–Crippen MR) is 121 cm³/mol. The lowest BCUT2D eigenvalue weighted by Crippen LogP contribution is -2.49. The van der Waals surface area contributed by atoms with Gasteiger partial charge >= 0.3 is 0 Å². The van der Waals surface area contributed by atoms with E-state index in [0.717, 1.165) is 43.2 Å². The Morgan fingerprint density at radius 3 is 2.18 bits per heavy atom. The van der Waals surface area contributed by atoms with Crippen LogP contribution in [0, 0.1) is 0 Å². The minimum absolute atomic E-state index is 0. The molecule has 3 rings (SSSR count). The Kier molecular flexibility index (Phi) is 10.9. The molecule has 2 aromatic rings. The number of carbonyl (C=O) groups excluding carboxylic acids is 1. The fourth-order valence-corrected chi connectivity index (χ4v) is 3.80. The Bertz CT molecular complexity index is 722. The molecule has 4 nitrogen and oxygen atoms in total. The summed E-state index contributed by atoms with van der Waals surface area (Å²) < 4.78 is 0. The largest absolute Gasteiger partial charge is 0.340 e. The van der Waals surface area contributed by atoms with Crippen molar-refractivity contribution in [3.63, 3.8) is 0 Å². The molecule has 1 amide bonds. The van der Waals surface area contributed by atoms with Crippen LogP contribution in [0.5, 0.6) is 0 Å². The molecule has 2 aromatic carbocycles. The van der Waals surface area contributed by atoms with Crippen molar-refractivity contribution in [1.29, 1.82) is 0 Å².